The molecule has 3 unspecified atom stereocenters. The minimum absolute atomic E-state index is 0.0116. The van der Waals surface area contributed by atoms with Gasteiger partial charge in [-0.2, -0.15) is 0 Å². The van der Waals surface area contributed by atoms with Gasteiger partial charge in [0.1, 0.15) is 0 Å². The molecule has 2 aliphatic rings. The SMILES string of the molecule is CCS(=O)(=O)C1C(c2ccc3c(c2)OCO3)C1(N)CO. The highest BCUT2D eigenvalue weighted by Crippen LogP contribution is 2.55. The van der Waals surface area contributed by atoms with Gasteiger partial charge in [0.2, 0.25) is 6.79 Å². The fraction of sp³-hybridized carbons (Fsp3) is 0.538. The van der Waals surface area contributed by atoms with Crippen LogP contribution in [0, 0.1) is 0 Å². The van der Waals surface area contributed by atoms with Crippen molar-refractivity contribution in [3.63, 3.8) is 0 Å². The second-order valence-corrected chi connectivity index (χ2v) is 7.64. The molecule has 20 heavy (non-hydrogen) atoms. The smallest absolute Gasteiger partial charge is 0.231 e. The molecule has 0 amide bonds. The molecule has 1 aliphatic heterocycles. The van der Waals surface area contributed by atoms with Crippen molar-refractivity contribution in [2.24, 2.45) is 5.73 Å². The summed E-state index contributed by atoms with van der Waals surface area (Å²) >= 11 is 0. The summed E-state index contributed by atoms with van der Waals surface area (Å²) in [6.45, 7) is 1.38. The van der Waals surface area contributed by atoms with Gasteiger partial charge < -0.3 is 20.3 Å². The Morgan fingerprint density at radius 2 is 2.10 bits per heavy atom. The Balaban J connectivity index is 1.98. The van der Waals surface area contributed by atoms with Gasteiger partial charge in [-0.25, -0.2) is 8.42 Å². The summed E-state index contributed by atoms with van der Waals surface area (Å²) < 4.78 is 34.7. The molecule has 0 saturated heterocycles. The zero-order chi connectivity index (χ0) is 14.5. The van der Waals surface area contributed by atoms with Crippen LogP contribution in [-0.2, 0) is 9.84 Å². The number of sulfone groups is 1. The first-order valence-electron chi connectivity index (χ1n) is 6.45. The van der Waals surface area contributed by atoms with Gasteiger partial charge in [0, 0.05) is 11.7 Å². The number of rotatable bonds is 4. The molecule has 1 fully saturated rings. The molecule has 1 aromatic carbocycles. The summed E-state index contributed by atoms with van der Waals surface area (Å²) in [6.07, 6.45) is 0. The number of aliphatic hydroxyl groups excluding tert-OH is 1. The molecule has 3 atom stereocenters. The standard InChI is InChI=1S/C13H17NO5S/c1-2-20(16,17)12-11(13(12,14)6-15)8-3-4-9-10(5-8)19-7-18-9/h3-5,11-12,15H,2,6-7,14H2,1H3. The van der Waals surface area contributed by atoms with Gasteiger partial charge in [-0.1, -0.05) is 13.0 Å². The predicted molar refractivity (Wildman–Crippen MR) is 72.6 cm³/mol. The van der Waals surface area contributed by atoms with Gasteiger partial charge in [-0.05, 0) is 17.7 Å². The lowest BCUT2D eigenvalue weighted by Gasteiger charge is -2.07. The van der Waals surface area contributed by atoms with Crippen molar-refractivity contribution in [2.75, 3.05) is 19.2 Å². The lowest BCUT2D eigenvalue weighted by Crippen LogP contribution is -2.35. The molecule has 3 N–H and O–H groups in total. The van der Waals surface area contributed by atoms with Crippen molar-refractivity contribution in [3.05, 3.63) is 23.8 Å². The highest BCUT2D eigenvalue weighted by molar-refractivity contribution is 7.92. The molecule has 0 bridgehead atoms. The van der Waals surface area contributed by atoms with Crippen LogP contribution in [0.2, 0.25) is 0 Å². The van der Waals surface area contributed by atoms with Gasteiger partial charge >= 0.3 is 0 Å². The number of benzene rings is 1. The van der Waals surface area contributed by atoms with E-state index in [9.17, 15) is 13.5 Å². The maximum atomic E-state index is 12.1. The Bertz CT molecular complexity index is 644. The number of fused-ring (bicyclic) bond motifs is 1. The summed E-state index contributed by atoms with van der Waals surface area (Å²) in [4.78, 5) is 0. The Hall–Kier alpha value is -1.31. The van der Waals surface area contributed by atoms with E-state index in [-0.39, 0.29) is 19.2 Å². The van der Waals surface area contributed by atoms with Crippen molar-refractivity contribution in [2.45, 2.75) is 23.6 Å². The van der Waals surface area contributed by atoms with E-state index in [1.807, 2.05) is 0 Å². The lowest BCUT2D eigenvalue weighted by atomic mass is 10.1. The van der Waals surface area contributed by atoms with Crippen LogP contribution in [0.3, 0.4) is 0 Å². The minimum Gasteiger partial charge on any atom is -0.454 e. The third kappa shape index (κ3) is 1.81. The van der Waals surface area contributed by atoms with E-state index in [0.29, 0.717) is 11.5 Å². The van der Waals surface area contributed by atoms with Crippen LogP contribution in [0.25, 0.3) is 0 Å². The molecule has 6 nitrogen and oxygen atoms in total. The summed E-state index contributed by atoms with van der Waals surface area (Å²) in [6, 6.07) is 5.26. The molecule has 3 rings (SSSR count). The fourth-order valence-electron chi connectivity index (χ4n) is 2.92. The molecule has 1 saturated carbocycles. The summed E-state index contributed by atoms with van der Waals surface area (Å²) in [5.74, 6) is 0.822. The van der Waals surface area contributed by atoms with Crippen LogP contribution >= 0.6 is 0 Å². The molecule has 0 aromatic heterocycles. The Labute approximate surface area is 117 Å². The zero-order valence-corrected chi connectivity index (χ0v) is 11.9. The molecule has 1 aliphatic carbocycles. The van der Waals surface area contributed by atoms with E-state index in [4.69, 9.17) is 15.2 Å². The van der Waals surface area contributed by atoms with Crippen molar-refractivity contribution in [1.82, 2.24) is 0 Å². The van der Waals surface area contributed by atoms with E-state index in [1.54, 1.807) is 25.1 Å². The molecule has 0 spiro atoms. The Morgan fingerprint density at radius 3 is 2.75 bits per heavy atom. The van der Waals surface area contributed by atoms with Gasteiger partial charge in [-0.15, -0.1) is 0 Å². The first-order chi connectivity index (χ1) is 9.44. The summed E-state index contributed by atoms with van der Waals surface area (Å²) in [5.41, 5.74) is 5.72. The van der Waals surface area contributed by atoms with E-state index in [0.717, 1.165) is 5.56 Å². The van der Waals surface area contributed by atoms with Crippen LogP contribution in [0.4, 0.5) is 0 Å². The van der Waals surface area contributed by atoms with Crippen LogP contribution in [0.1, 0.15) is 18.4 Å². The second-order valence-electron chi connectivity index (χ2n) is 5.23. The van der Waals surface area contributed by atoms with Crippen molar-refractivity contribution in [3.8, 4) is 11.5 Å². The fourth-order valence-corrected chi connectivity index (χ4v) is 4.92. The Kier molecular flexibility index (Phi) is 2.97. The van der Waals surface area contributed by atoms with Crippen LogP contribution in [-0.4, -0.2) is 43.5 Å². The third-order valence-corrected chi connectivity index (χ3v) is 6.41. The number of aliphatic hydroxyl groups is 1. The quantitative estimate of drug-likeness (QED) is 0.812. The average Bonchev–Trinajstić information content (AvgIpc) is 2.83. The monoisotopic (exact) mass is 299 g/mol. The number of hydrogen-bond acceptors (Lipinski definition) is 6. The maximum Gasteiger partial charge on any atom is 0.231 e. The van der Waals surface area contributed by atoms with E-state index < -0.39 is 26.5 Å². The molecule has 1 heterocycles. The molecular formula is C13H17NO5S. The molecule has 7 heteroatoms. The third-order valence-electron chi connectivity index (χ3n) is 4.12. The topological polar surface area (TPSA) is 98.9 Å². The number of nitrogens with two attached hydrogens (primary N) is 1. The second kappa shape index (κ2) is 4.34. The highest BCUT2D eigenvalue weighted by Gasteiger charge is 2.68. The summed E-state index contributed by atoms with van der Waals surface area (Å²) in [5, 5.41) is 8.73. The van der Waals surface area contributed by atoms with Crippen LogP contribution in [0.5, 0.6) is 11.5 Å². The average molecular weight is 299 g/mol. The molecule has 110 valence electrons. The van der Waals surface area contributed by atoms with E-state index >= 15 is 0 Å². The first-order valence-corrected chi connectivity index (χ1v) is 8.16. The van der Waals surface area contributed by atoms with Gasteiger partial charge in [-0.3, -0.25) is 0 Å². The van der Waals surface area contributed by atoms with Crippen LogP contribution in [0.15, 0.2) is 18.2 Å². The van der Waals surface area contributed by atoms with E-state index in [2.05, 4.69) is 0 Å². The maximum absolute atomic E-state index is 12.1. The molecule has 0 radical (unpaired) electrons. The number of hydrogen-bond donors (Lipinski definition) is 2. The van der Waals surface area contributed by atoms with Crippen molar-refractivity contribution < 1.29 is 23.0 Å². The zero-order valence-electron chi connectivity index (χ0n) is 11.1. The molecule has 1 aromatic rings. The van der Waals surface area contributed by atoms with Crippen molar-refractivity contribution in [1.29, 1.82) is 0 Å². The van der Waals surface area contributed by atoms with Gasteiger partial charge in [0.15, 0.2) is 21.3 Å². The van der Waals surface area contributed by atoms with E-state index in [1.165, 1.54) is 0 Å². The Morgan fingerprint density at radius 1 is 1.40 bits per heavy atom. The minimum atomic E-state index is -3.31. The summed E-state index contributed by atoms with van der Waals surface area (Å²) in [7, 11) is -3.31. The number of ether oxygens (including phenoxy) is 2. The normalized spacial score (nSPS) is 31.4. The highest BCUT2D eigenvalue weighted by atomic mass is 32.2. The van der Waals surface area contributed by atoms with Crippen LogP contribution < -0.4 is 15.2 Å². The van der Waals surface area contributed by atoms with Gasteiger partial charge in [0.25, 0.3) is 0 Å². The largest absolute Gasteiger partial charge is 0.454 e. The molecular weight excluding hydrogens is 282 g/mol. The lowest BCUT2D eigenvalue weighted by molar-refractivity contribution is 0.174. The first kappa shape index (κ1) is 13.7. The van der Waals surface area contributed by atoms with Crippen molar-refractivity contribution >= 4 is 9.84 Å². The van der Waals surface area contributed by atoms with Gasteiger partial charge in [0.05, 0.1) is 17.4 Å². The predicted octanol–water partition coefficient (Wildman–Crippen LogP) is 0.00560.